The van der Waals surface area contributed by atoms with Gasteiger partial charge in [0.1, 0.15) is 23.0 Å². The first-order chi connectivity index (χ1) is 18.8. The quantitative estimate of drug-likeness (QED) is 0.301. The second-order valence-electron chi connectivity index (χ2n) is 8.66. The fourth-order valence-electron chi connectivity index (χ4n) is 4.42. The Bertz CT molecular complexity index is 1740. The number of halogens is 1. The van der Waals surface area contributed by atoms with Crippen molar-refractivity contribution >= 4 is 35.0 Å². The summed E-state index contributed by atoms with van der Waals surface area (Å²) in [6.45, 7) is 3.65. The van der Waals surface area contributed by atoms with Crippen LogP contribution in [0, 0.1) is 0 Å². The number of fused-ring (bicyclic) bond motifs is 1. The molecule has 0 aliphatic carbocycles. The molecule has 2 aromatic carbocycles. The Labute approximate surface area is 233 Å². The Kier molecular flexibility index (Phi) is 7.45. The maximum atomic E-state index is 13.8. The first-order valence-electron chi connectivity index (χ1n) is 12.1. The minimum absolute atomic E-state index is 0.183. The first kappa shape index (κ1) is 26.5. The lowest BCUT2D eigenvalue weighted by atomic mass is 9.95. The van der Waals surface area contributed by atoms with E-state index in [2.05, 4.69) is 4.99 Å². The number of aromatic nitrogens is 1. The van der Waals surface area contributed by atoms with E-state index >= 15 is 0 Å². The number of carbonyl (C=O) groups excluding carboxylic acids is 1. The van der Waals surface area contributed by atoms with Crippen LogP contribution in [-0.2, 0) is 9.53 Å². The molecule has 2 aromatic heterocycles. The molecule has 39 heavy (non-hydrogen) atoms. The monoisotopic (exact) mass is 564 g/mol. The van der Waals surface area contributed by atoms with Crippen LogP contribution in [0.25, 0.3) is 17.4 Å². The third-order valence-corrected chi connectivity index (χ3v) is 7.47. The molecule has 5 rings (SSSR count). The summed E-state index contributed by atoms with van der Waals surface area (Å²) in [6, 6.07) is 15.4. The van der Waals surface area contributed by atoms with Gasteiger partial charge in [0.15, 0.2) is 4.80 Å². The summed E-state index contributed by atoms with van der Waals surface area (Å²) in [5.41, 5.74) is 1.91. The fourth-order valence-corrected chi connectivity index (χ4v) is 5.58. The van der Waals surface area contributed by atoms with Gasteiger partial charge >= 0.3 is 5.97 Å². The van der Waals surface area contributed by atoms with Gasteiger partial charge in [0, 0.05) is 22.7 Å². The van der Waals surface area contributed by atoms with Crippen molar-refractivity contribution in [3.05, 3.63) is 102 Å². The molecule has 0 bridgehead atoms. The summed E-state index contributed by atoms with van der Waals surface area (Å²) in [4.78, 5) is 32.0. The lowest BCUT2D eigenvalue weighted by Crippen LogP contribution is -2.40. The van der Waals surface area contributed by atoms with Crippen LogP contribution in [0.15, 0.2) is 80.1 Å². The zero-order chi connectivity index (χ0) is 27.7. The molecule has 200 valence electrons. The smallest absolute Gasteiger partial charge is 0.338 e. The van der Waals surface area contributed by atoms with Crippen molar-refractivity contribution in [3.63, 3.8) is 0 Å². The maximum Gasteiger partial charge on any atom is 0.338 e. The fraction of sp³-hybridized carbons (Fsp3) is 0.207. The number of furan rings is 1. The highest BCUT2D eigenvalue weighted by Crippen LogP contribution is 2.35. The zero-order valence-corrected chi connectivity index (χ0v) is 23.3. The van der Waals surface area contributed by atoms with Gasteiger partial charge in [-0.1, -0.05) is 22.9 Å². The molecule has 0 spiro atoms. The van der Waals surface area contributed by atoms with Crippen LogP contribution in [0.5, 0.6) is 11.5 Å². The summed E-state index contributed by atoms with van der Waals surface area (Å²) in [7, 11) is 3.08. The predicted molar refractivity (Wildman–Crippen MR) is 149 cm³/mol. The number of thiazole rings is 1. The molecule has 10 heteroatoms. The van der Waals surface area contributed by atoms with Crippen LogP contribution in [0.2, 0.25) is 5.02 Å². The van der Waals surface area contributed by atoms with Gasteiger partial charge in [-0.2, -0.15) is 0 Å². The number of allylic oxidation sites excluding steroid dienone is 1. The summed E-state index contributed by atoms with van der Waals surface area (Å²) < 4.78 is 24.2. The first-order valence-corrected chi connectivity index (χ1v) is 13.3. The van der Waals surface area contributed by atoms with E-state index in [9.17, 15) is 9.59 Å². The molecule has 4 aromatic rings. The Balaban J connectivity index is 1.66. The van der Waals surface area contributed by atoms with Crippen LogP contribution in [0.1, 0.15) is 31.2 Å². The van der Waals surface area contributed by atoms with Crippen molar-refractivity contribution in [1.82, 2.24) is 4.57 Å². The number of benzene rings is 2. The normalized spacial score (nSPS) is 15.1. The number of rotatable bonds is 7. The summed E-state index contributed by atoms with van der Waals surface area (Å²) in [5, 5.41) is 0.632. The number of methoxy groups -OCH3 is 2. The van der Waals surface area contributed by atoms with Gasteiger partial charge in [-0.25, -0.2) is 9.79 Å². The molecule has 1 atom stereocenters. The van der Waals surface area contributed by atoms with Gasteiger partial charge in [-0.3, -0.25) is 9.36 Å². The number of nitrogens with zero attached hydrogens (tertiary/aromatic N) is 2. The average Bonchev–Trinajstić information content (AvgIpc) is 3.52. The molecule has 0 N–H and O–H groups in total. The summed E-state index contributed by atoms with van der Waals surface area (Å²) >= 11 is 7.21. The zero-order valence-electron chi connectivity index (χ0n) is 21.7. The Morgan fingerprint density at radius 1 is 1.10 bits per heavy atom. The Hall–Kier alpha value is -4.08. The molecule has 1 aliphatic heterocycles. The van der Waals surface area contributed by atoms with Gasteiger partial charge < -0.3 is 18.6 Å². The molecule has 0 fully saturated rings. The minimum atomic E-state index is -0.798. The highest BCUT2D eigenvalue weighted by atomic mass is 35.5. The van der Waals surface area contributed by atoms with Crippen molar-refractivity contribution < 1.29 is 23.4 Å². The van der Waals surface area contributed by atoms with E-state index in [0.717, 1.165) is 5.56 Å². The van der Waals surface area contributed by atoms with Crippen LogP contribution in [0.4, 0.5) is 0 Å². The molecule has 1 aliphatic rings. The molecule has 8 nitrogen and oxygen atoms in total. The number of ether oxygens (including phenoxy) is 3. The van der Waals surface area contributed by atoms with Crippen molar-refractivity contribution in [2.24, 2.45) is 4.99 Å². The molecule has 1 unspecified atom stereocenters. The second kappa shape index (κ2) is 11.0. The van der Waals surface area contributed by atoms with E-state index in [-0.39, 0.29) is 17.7 Å². The molecular formula is C29H25ClN2O6S. The minimum Gasteiger partial charge on any atom is -0.497 e. The molecular weight excluding hydrogens is 540 g/mol. The van der Waals surface area contributed by atoms with Gasteiger partial charge in [0.05, 0.1) is 42.7 Å². The average molecular weight is 565 g/mol. The third-order valence-electron chi connectivity index (χ3n) is 6.24. The van der Waals surface area contributed by atoms with Crippen molar-refractivity contribution in [1.29, 1.82) is 0 Å². The van der Waals surface area contributed by atoms with Gasteiger partial charge in [0.25, 0.3) is 5.56 Å². The molecule has 0 amide bonds. The summed E-state index contributed by atoms with van der Waals surface area (Å²) in [6.07, 6.45) is 1.68. The number of hydrogen-bond donors (Lipinski definition) is 0. The van der Waals surface area contributed by atoms with E-state index < -0.39 is 12.0 Å². The number of esters is 1. The van der Waals surface area contributed by atoms with E-state index in [1.807, 2.05) is 18.2 Å². The Morgan fingerprint density at radius 2 is 1.79 bits per heavy atom. The van der Waals surface area contributed by atoms with Crippen LogP contribution < -0.4 is 24.4 Å². The van der Waals surface area contributed by atoms with E-state index in [0.29, 0.717) is 48.6 Å². The lowest BCUT2D eigenvalue weighted by Gasteiger charge is -2.25. The van der Waals surface area contributed by atoms with Crippen molar-refractivity contribution in [2.45, 2.75) is 19.9 Å². The van der Waals surface area contributed by atoms with E-state index in [1.54, 1.807) is 70.5 Å². The van der Waals surface area contributed by atoms with E-state index in [4.69, 9.17) is 30.2 Å². The summed E-state index contributed by atoms with van der Waals surface area (Å²) in [5.74, 6) is 1.65. The number of carbonyl (C=O) groups is 1. The molecule has 0 saturated heterocycles. The molecule has 3 heterocycles. The highest BCUT2D eigenvalue weighted by Gasteiger charge is 2.34. The number of hydrogen-bond acceptors (Lipinski definition) is 8. The molecule has 0 radical (unpaired) electrons. The maximum absolute atomic E-state index is 13.8. The van der Waals surface area contributed by atoms with Gasteiger partial charge in [-0.05, 0) is 67.9 Å². The van der Waals surface area contributed by atoms with Crippen LogP contribution in [-0.4, -0.2) is 31.4 Å². The largest absolute Gasteiger partial charge is 0.497 e. The van der Waals surface area contributed by atoms with E-state index in [1.165, 1.54) is 15.9 Å². The standard InChI is InChI=1S/C29H25ClN2O6S/c1-5-37-28(34)25-16(2)31-29-32(26(25)18-12-21(35-3)14-22(13-18)36-4)27(33)24(39-29)15-20-10-11-23(38-20)17-6-8-19(30)9-7-17/h6-15,26H,5H2,1-4H3. The third kappa shape index (κ3) is 5.15. The van der Waals surface area contributed by atoms with Crippen LogP contribution >= 0.6 is 22.9 Å². The van der Waals surface area contributed by atoms with Crippen molar-refractivity contribution in [2.75, 3.05) is 20.8 Å². The Morgan fingerprint density at radius 3 is 2.44 bits per heavy atom. The van der Waals surface area contributed by atoms with Gasteiger partial charge in [-0.15, -0.1) is 0 Å². The molecule has 0 saturated carbocycles. The van der Waals surface area contributed by atoms with Crippen molar-refractivity contribution in [3.8, 4) is 22.8 Å². The SMILES string of the molecule is CCOC(=O)C1=C(C)N=c2sc(=Cc3ccc(-c4ccc(Cl)cc4)o3)c(=O)n2C1c1cc(OC)cc(OC)c1. The predicted octanol–water partition coefficient (Wildman–Crippen LogP) is 4.73. The highest BCUT2D eigenvalue weighted by molar-refractivity contribution is 7.07. The second-order valence-corrected chi connectivity index (χ2v) is 10.1. The van der Waals surface area contributed by atoms with Crippen LogP contribution in [0.3, 0.4) is 0 Å². The van der Waals surface area contributed by atoms with Gasteiger partial charge in [0.2, 0.25) is 0 Å². The lowest BCUT2D eigenvalue weighted by molar-refractivity contribution is -0.139. The topological polar surface area (TPSA) is 92.3 Å².